The molecule has 100 valence electrons. The summed E-state index contributed by atoms with van der Waals surface area (Å²) in [4.78, 5) is 13.3. The zero-order chi connectivity index (χ0) is 13.7. The second-order valence-electron chi connectivity index (χ2n) is 4.36. The van der Waals surface area contributed by atoms with Crippen LogP contribution in [0, 0.1) is 5.92 Å². The van der Waals surface area contributed by atoms with E-state index >= 15 is 0 Å². The third-order valence-corrected chi connectivity index (χ3v) is 3.24. The van der Waals surface area contributed by atoms with Gasteiger partial charge in [-0.25, -0.2) is 0 Å². The largest absolute Gasteiger partial charge is 0.469 e. The molecule has 3 nitrogen and oxygen atoms in total. The lowest BCUT2D eigenvalue weighted by Crippen LogP contribution is -2.29. The molecule has 0 spiro atoms. The average Bonchev–Trinajstić information content (AvgIpc) is 2.32. The highest BCUT2D eigenvalue weighted by molar-refractivity contribution is 6.33. The van der Waals surface area contributed by atoms with Crippen LogP contribution in [0.5, 0.6) is 0 Å². The maximum atomic E-state index is 11.3. The van der Waals surface area contributed by atoms with Crippen LogP contribution in [0.15, 0.2) is 18.2 Å². The molecule has 1 aromatic rings. The van der Waals surface area contributed by atoms with Crippen LogP contribution in [0.1, 0.15) is 12.5 Å². The quantitative estimate of drug-likeness (QED) is 0.780. The van der Waals surface area contributed by atoms with E-state index in [1.165, 1.54) is 7.11 Å². The Balaban J connectivity index is 2.61. The normalized spacial score (nSPS) is 12.6. The minimum absolute atomic E-state index is 0.169. The van der Waals surface area contributed by atoms with Crippen LogP contribution in [-0.4, -0.2) is 31.6 Å². The van der Waals surface area contributed by atoms with Gasteiger partial charge in [0.25, 0.3) is 0 Å². The second kappa shape index (κ2) is 6.98. The highest BCUT2D eigenvalue weighted by Crippen LogP contribution is 2.22. The van der Waals surface area contributed by atoms with E-state index in [0.29, 0.717) is 23.1 Å². The molecule has 0 saturated heterocycles. The first-order chi connectivity index (χ1) is 8.43. The van der Waals surface area contributed by atoms with Gasteiger partial charge in [0.15, 0.2) is 0 Å². The fourth-order valence-electron chi connectivity index (χ4n) is 1.76. The van der Waals surface area contributed by atoms with Crippen LogP contribution in [0.3, 0.4) is 0 Å². The van der Waals surface area contributed by atoms with Crippen molar-refractivity contribution < 1.29 is 9.53 Å². The molecule has 1 rings (SSSR count). The van der Waals surface area contributed by atoms with Gasteiger partial charge >= 0.3 is 5.97 Å². The summed E-state index contributed by atoms with van der Waals surface area (Å²) in [6, 6.07) is 5.37. The van der Waals surface area contributed by atoms with Crippen molar-refractivity contribution in [3.63, 3.8) is 0 Å². The second-order valence-corrected chi connectivity index (χ2v) is 5.20. The van der Waals surface area contributed by atoms with Gasteiger partial charge in [0.1, 0.15) is 0 Å². The summed E-state index contributed by atoms with van der Waals surface area (Å²) < 4.78 is 4.69. The summed E-state index contributed by atoms with van der Waals surface area (Å²) in [5.41, 5.74) is 0.948. The van der Waals surface area contributed by atoms with Crippen molar-refractivity contribution in [2.24, 2.45) is 5.92 Å². The molecule has 18 heavy (non-hydrogen) atoms. The number of ether oxygens (including phenoxy) is 1. The van der Waals surface area contributed by atoms with Gasteiger partial charge in [-0.2, -0.15) is 0 Å². The molecular weight excluding hydrogens is 273 g/mol. The molecular formula is C13H17Cl2NO2. The van der Waals surface area contributed by atoms with Gasteiger partial charge < -0.3 is 9.64 Å². The molecule has 0 aliphatic heterocycles. The molecule has 5 heteroatoms. The highest BCUT2D eigenvalue weighted by atomic mass is 35.5. The number of halogens is 2. The first-order valence-electron chi connectivity index (χ1n) is 5.64. The van der Waals surface area contributed by atoms with E-state index in [1.807, 2.05) is 24.9 Å². The first-order valence-corrected chi connectivity index (χ1v) is 6.40. The molecule has 0 saturated carbocycles. The van der Waals surface area contributed by atoms with E-state index in [-0.39, 0.29) is 11.9 Å². The van der Waals surface area contributed by atoms with Crippen LogP contribution in [-0.2, 0) is 16.1 Å². The number of nitrogens with zero attached hydrogens (tertiary/aromatic N) is 1. The number of methoxy groups -OCH3 is 1. The molecule has 0 aliphatic rings. The Morgan fingerprint density at radius 3 is 2.72 bits per heavy atom. The molecule has 0 aliphatic carbocycles. The monoisotopic (exact) mass is 289 g/mol. The van der Waals surface area contributed by atoms with Gasteiger partial charge in [-0.15, -0.1) is 0 Å². The Morgan fingerprint density at radius 1 is 1.44 bits per heavy atom. The van der Waals surface area contributed by atoms with Gasteiger partial charge in [-0.3, -0.25) is 4.79 Å². The number of hydrogen-bond donors (Lipinski definition) is 0. The van der Waals surface area contributed by atoms with Crippen molar-refractivity contribution in [3.8, 4) is 0 Å². The van der Waals surface area contributed by atoms with Gasteiger partial charge in [0, 0.05) is 23.1 Å². The van der Waals surface area contributed by atoms with Crippen molar-refractivity contribution in [2.45, 2.75) is 13.5 Å². The number of hydrogen-bond acceptors (Lipinski definition) is 3. The maximum Gasteiger partial charge on any atom is 0.309 e. The summed E-state index contributed by atoms with van der Waals surface area (Å²) in [6.07, 6.45) is 0. The van der Waals surface area contributed by atoms with Gasteiger partial charge in [-0.1, -0.05) is 30.1 Å². The van der Waals surface area contributed by atoms with Gasteiger partial charge in [0.05, 0.1) is 13.0 Å². The third kappa shape index (κ3) is 4.48. The van der Waals surface area contributed by atoms with Crippen LogP contribution in [0.2, 0.25) is 10.0 Å². The van der Waals surface area contributed by atoms with Crippen LogP contribution in [0.4, 0.5) is 0 Å². The van der Waals surface area contributed by atoms with Crippen LogP contribution < -0.4 is 0 Å². The topological polar surface area (TPSA) is 29.5 Å². The fraction of sp³-hybridized carbons (Fsp3) is 0.462. The molecule has 1 unspecified atom stereocenters. The zero-order valence-corrected chi connectivity index (χ0v) is 12.3. The minimum Gasteiger partial charge on any atom is -0.469 e. The van der Waals surface area contributed by atoms with Crippen molar-refractivity contribution >= 4 is 29.2 Å². The van der Waals surface area contributed by atoms with E-state index in [4.69, 9.17) is 27.9 Å². The standard InChI is InChI=1S/C13H17Cl2NO2/c1-9(13(17)18-3)7-16(2)8-10-6-11(14)4-5-12(10)15/h4-6,9H,7-8H2,1-3H3. The smallest absolute Gasteiger partial charge is 0.309 e. The van der Waals surface area contributed by atoms with E-state index < -0.39 is 0 Å². The Morgan fingerprint density at radius 2 is 2.11 bits per heavy atom. The Hall–Kier alpha value is -0.770. The number of esters is 1. The van der Waals surface area contributed by atoms with Gasteiger partial charge in [-0.05, 0) is 30.8 Å². The summed E-state index contributed by atoms with van der Waals surface area (Å²) in [5, 5.41) is 1.33. The van der Waals surface area contributed by atoms with E-state index in [9.17, 15) is 4.79 Å². The number of rotatable bonds is 5. The van der Waals surface area contributed by atoms with Crippen molar-refractivity contribution in [1.82, 2.24) is 4.90 Å². The van der Waals surface area contributed by atoms with Crippen LogP contribution in [0.25, 0.3) is 0 Å². The van der Waals surface area contributed by atoms with Gasteiger partial charge in [0.2, 0.25) is 0 Å². The first kappa shape index (κ1) is 15.3. The van der Waals surface area contributed by atoms with E-state index in [1.54, 1.807) is 12.1 Å². The zero-order valence-electron chi connectivity index (χ0n) is 10.7. The Labute approximate surface area is 118 Å². The lowest BCUT2D eigenvalue weighted by Gasteiger charge is -2.20. The fourth-order valence-corrected chi connectivity index (χ4v) is 2.14. The molecule has 0 radical (unpaired) electrons. The Bertz CT molecular complexity index is 423. The summed E-state index contributed by atoms with van der Waals surface area (Å²) in [6.45, 7) is 3.08. The lowest BCUT2D eigenvalue weighted by atomic mass is 10.1. The summed E-state index contributed by atoms with van der Waals surface area (Å²) in [5.74, 6) is -0.378. The molecule has 0 bridgehead atoms. The number of carbonyl (C=O) groups is 1. The summed E-state index contributed by atoms with van der Waals surface area (Å²) in [7, 11) is 3.32. The summed E-state index contributed by atoms with van der Waals surface area (Å²) >= 11 is 12.0. The Kier molecular flexibility index (Phi) is 5.93. The van der Waals surface area contributed by atoms with Crippen molar-refractivity contribution in [3.05, 3.63) is 33.8 Å². The van der Waals surface area contributed by atoms with E-state index in [0.717, 1.165) is 5.56 Å². The molecule has 0 amide bonds. The maximum absolute atomic E-state index is 11.3. The highest BCUT2D eigenvalue weighted by Gasteiger charge is 2.16. The molecule has 0 aromatic heterocycles. The molecule has 0 N–H and O–H groups in total. The SMILES string of the molecule is COC(=O)C(C)CN(C)Cc1cc(Cl)ccc1Cl. The minimum atomic E-state index is -0.209. The molecule has 1 atom stereocenters. The average molecular weight is 290 g/mol. The predicted molar refractivity (Wildman–Crippen MR) is 74.0 cm³/mol. The predicted octanol–water partition coefficient (Wildman–Crippen LogP) is 3.23. The van der Waals surface area contributed by atoms with Crippen molar-refractivity contribution in [1.29, 1.82) is 0 Å². The number of benzene rings is 1. The molecule has 1 aromatic carbocycles. The van der Waals surface area contributed by atoms with Crippen LogP contribution >= 0.6 is 23.2 Å². The lowest BCUT2D eigenvalue weighted by molar-refractivity contribution is -0.145. The molecule has 0 fully saturated rings. The third-order valence-electron chi connectivity index (χ3n) is 2.64. The van der Waals surface area contributed by atoms with E-state index in [2.05, 4.69) is 0 Å². The molecule has 0 heterocycles. The number of carbonyl (C=O) groups excluding carboxylic acids is 1. The van der Waals surface area contributed by atoms with Crippen molar-refractivity contribution in [2.75, 3.05) is 20.7 Å².